The van der Waals surface area contributed by atoms with Gasteiger partial charge >= 0.3 is 6.36 Å². The van der Waals surface area contributed by atoms with Crippen LogP contribution in [0.25, 0.3) is 11.1 Å². The topological polar surface area (TPSA) is 111 Å². The van der Waals surface area contributed by atoms with E-state index >= 15 is 0 Å². The number of benzene rings is 1. The number of nitriles is 1. The second-order valence-electron chi connectivity index (χ2n) is 7.58. The first-order valence-corrected chi connectivity index (χ1v) is 10.2. The van der Waals surface area contributed by atoms with E-state index in [4.69, 9.17) is 0 Å². The van der Waals surface area contributed by atoms with Crippen LogP contribution in [0, 0.1) is 11.3 Å². The number of carbonyl (C=O) groups excluding carboxylic acids is 1. The molecule has 34 heavy (non-hydrogen) atoms. The van der Waals surface area contributed by atoms with Crippen LogP contribution in [0.2, 0.25) is 0 Å². The summed E-state index contributed by atoms with van der Waals surface area (Å²) < 4.78 is 40.8. The molecule has 4 rings (SSSR count). The predicted octanol–water partition coefficient (Wildman–Crippen LogP) is 3.74. The second kappa shape index (κ2) is 9.36. The lowest BCUT2D eigenvalue weighted by atomic mass is 10.0. The first kappa shape index (κ1) is 23.0. The van der Waals surface area contributed by atoms with E-state index in [1.165, 1.54) is 24.5 Å². The minimum atomic E-state index is -4.81. The number of aromatic nitrogens is 2. The number of alkyl halides is 3. The first-order chi connectivity index (χ1) is 16.2. The Balaban J connectivity index is 1.62. The summed E-state index contributed by atoms with van der Waals surface area (Å²) in [6.07, 6.45) is -0.383. The van der Waals surface area contributed by atoms with Crippen molar-refractivity contribution in [2.75, 3.05) is 23.3 Å². The zero-order chi connectivity index (χ0) is 24.3. The van der Waals surface area contributed by atoms with Crippen LogP contribution < -0.4 is 15.0 Å². The minimum absolute atomic E-state index is 0.191. The van der Waals surface area contributed by atoms with Crippen molar-refractivity contribution in [2.45, 2.75) is 18.9 Å². The molecular formula is C23H18F3N5O3. The van der Waals surface area contributed by atoms with E-state index in [-0.39, 0.29) is 11.3 Å². The summed E-state index contributed by atoms with van der Waals surface area (Å²) in [6, 6.07) is 10.0. The van der Waals surface area contributed by atoms with E-state index < -0.39 is 24.1 Å². The molecule has 174 valence electrons. The summed E-state index contributed by atoms with van der Waals surface area (Å²) in [7, 11) is 0. The van der Waals surface area contributed by atoms with Gasteiger partial charge in [-0.1, -0.05) is 0 Å². The summed E-state index contributed by atoms with van der Waals surface area (Å²) in [6.45, 7) is 0.952. The Bertz CT molecular complexity index is 1240. The number of aliphatic hydroxyl groups excluding tert-OH is 1. The fourth-order valence-corrected chi connectivity index (χ4v) is 3.57. The maximum Gasteiger partial charge on any atom is 0.573 e. The van der Waals surface area contributed by atoms with Gasteiger partial charge < -0.3 is 20.1 Å². The molecule has 1 saturated heterocycles. The van der Waals surface area contributed by atoms with Gasteiger partial charge in [-0.05, 0) is 42.8 Å². The van der Waals surface area contributed by atoms with Crippen LogP contribution in [0.15, 0.2) is 55.0 Å². The highest BCUT2D eigenvalue weighted by Crippen LogP contribution is 2.32. The molecule has 8 nitrogen and oxygen atoms in total. The molecule has 3 heterocycles. The molecule has 0 spiro atoms. The third-order valence-corrected chi connectivity index (χ3v) is 5.12. The quantitative estimate of drug-likeness (QED) is 0.586. The Morgan fingerprint density at radius 1 is 1.21 bits per heavy atom. The fraction of sp³-hybridized carbons (Fsp3) is 0.217. The monoisotopic (exact) mass is 469 g/mol. The van der Waals surface area contributed by atoms with Gasteiger partial charge in [-0.2, -0.15) is 5.26 Å². The number of hydrogen-bond acceptors (Lipinski definition) is 7. The lowest BCUT2D eigenvalue weighted by molar-refractivity contribution is -0.274. The second-order valence-corrected chi connectivity index (χ2v) is 7.58. The number of nitrogens with one attached hydrogen (secondary N) is 1. The highest BCUT2D eigenvalue weighted by molar-refractivity contribution is 6.05. The van der Waals surface area contributed by atoms with Gasteiger partial charge in [-0.15, -0.1) is 13.2 Å². The number of halogens is 3. The number of hydrogen-bond donors (Lipinski definition) is 2. The molecular weight excluding hydrogens is 451 g/mol. The molecule has 0 unspecified atom stereocenters. The van der Waals surface area contributed by atoms with Gasteiger partial charge in [0.2, 0.25) is 0 Å². The molecule has 2 aromatic heterocycles. The Kier molecular flexibility index (Phi) is 6.34. The number of ether oxygens (including phenoxy) is 1. The SMILES string of the molecule is N#Cc1cncc(-c2cc(C(=O)Nc3ccc(OC(F)(F)F)cc3)cnc2N2CC[C@@H](O)C2)c1. The van der Waals surface area contributed by atoms with E-state index in [2.05, 4.69) is 20.0 Å². The normalized spacial score (nSPS) is 15.6. The van der Waals surface area contributed by atoms with Crippen LogP contribution in [0.4, 0.5) is 24.7 Å². The molecule has 3 aromatic rings. The molecule has 1 aromatic carbocycles. The Morgan fingerprint density at radius 3 is 2.62 bits per heavy atom. The first-order valence-electron chi connectivity index (χ1n) is 10.2. The van der Waals surface area contributed by atoms with Crippen LogP contribution in [0.5, 0.6) is 5.75 Å². The summed E-state index contributed by atoms with van der Waals surface area (Å²) >= 11 is 0. The lowest BCUT2D eigenvalue weighted by Gasteiger charge is -2.21. The molecule has 2 N–H and O–H groups in total. The smallest absolute Gasteiger partial charge is 0.406 e. The average molecular weight is 469 g/mol. The van der Waals surface area contributed by atoms with E-state index in [0.29, 0.717) is 42.0 Å². The number of β-amino-alcohol motifs (C(OH)–C–C–N with tert-alkyl or cyclic N) is 1. The molecule has 1 fully saturated rings. The van der Waals surface area contributed by atoms with Crippen LogP contribution in [-0.4, -0.2) is 46.5 Å². The van der Waals surface area contributed by atoms with Crippen molar-refractivity contribution >= 4 is 17.4 Å². The van der Waals surface area contributed by atoms with Gasteiger partial charge in [0.15, 0.2) is 0 Å². The number of carbonyl (C=O) groups is 1. The predicted molar refractivity (Wildman–Crippen MR) is 116 cm³/mol. The number of rotatable bonds is 5. The molecule has 0 saturated carbocycles. The molecule has 0 aliphatic carbocycles. The molecule has 0 bridgehead atoms. The van der Waals surface area contributed by atoms with Crippen molar-refractivity contribution in [3.63, 3.8) is 0 Å². The number of nitrogens with zero attached hydrogens (tertiary/aromatic N) is 4. The van der Waals surface area contributed by atoms with E-state index in [9.17, 15) is 28.3 Å². The van der Waals surface area contributed by atoms with Crippen molar-refractivity contribution in [1.82, 2.24) is 9.97 Å². The zero-order valence-corrected chi connectivity index (χ0v) is 17.6. The average Bonchev–Trinajstić information content (AvgIpc) is 3.25. The maximum atomic E-state index is 12.8. The third kappa shape index (κ3) is 5.41. The maximum absolute atomic E-state index is 12.8. The van der Waals surface area contributed by atoms with Gasteiger partial charge in [-0.25, -0.2) is 4.98 Å². The summed E-state index contributed by atoms with van der Waals surface area (Å²) in [5.41, 5.74) is 1.92. The largest absolute Gasteiger partial charge is 0.573 e. The Morgan fingerprint density at radius 2 is 1.97 bits per heavy atom. The van der Waals surface area contributed by atoms with E-state index in [0.717, 1.165) is 12.1 Å². The van der Waals surface area contributed by atoms with E-state index in [1.54, 1.807) is 18.3 Å². The van der Waals surface area contributed by atoms with Crippen LogP contribution in [0.1, 0.15) is 22.3 Å². The van der Waals surface area contributed by atoms with Crippen LogP contribution in [-0.2, 0) is 0 Å². The zero-order valence-electron chi connectivity index (χ0n) is 17.6. The lowest BCUT2D eigenvalue weighted by Crippen LogP contribution is -2.23. The molecule has 11 heteroatoms. The summed E-state index contributed by atoms with van der Waals surface area (Å²) in [5.74, 6) is -0.397. The third-order valence-electron chi connectivity index (χ3n) is 5.12. The molecule has 1 aliphatic heterocycles. The number of pyridine rings is 2. The Labute approximate surface area is 192 Å². The molecule has 1 aliphatic rings. The number of aliphatic hydroxyl groups is 1. The van der Waals surface area contributed by atoms with Crippen molar-refractivity contribution in [3.05, 3.63) is 66.1 Å². The fourth-order valence-electron chi connectivity index (χ4n) is 3.57. The van der Waals surface area contributed by atoms with Crippen molar-refractivity contribution in [2.24, 2.45) is 0 Å². The molecule has 0 radical (unpaired) electrons. The van der Waals surface area contributed by atoms with Gasteiger partial charge in [-0.3, -0.25) is 9.78 Å². The highest BCUT2D eigenvalue weighted by atomic mass is 19.4. The minimum Gasteiger partial charge on any atom is -0.406 e. The molecule has 1 amide bonds. The Hall–Kier alpha value is -4.17. The summed E-state index contributed by atoms with van der Waals surface area (Å²) in [5, 5.41) is 21.8. The number of amides is 1. The van der Waals surface area contributed by atoms with E-state index in [1.807, 2.05) is 11.0 Å². The standard InChI is InChI=1S/C23H18F3N5O3/c24-23(25,26)34-19-3-1-17(2-4-19)30-22(33)16-8-20(15-7-14(9-27)10-28-11-15)21(29-12-16)31-6-5-18(32)13-31/h1-4,7-8,10-12,18,32H,5-6,13H2,(H,30,33)/t18-/m1/s1. The molecule has 1 atom stereocenters. The van der Waals surface area contributed by atoms with Gasteiger partial charge in [0.05, 0.1) is 17.2 Å². The van der Waals surface area contributed by atoms with Crippen molar-refractivity contribution in [1.29, 1.82) is 5.26 Å². The highest BCUT2D eigenvalue weighted by Gasteiger charge is 2.31. The van der Waals surface area contributed by atoms with Crippen LogP contribution in [0.3, 0.4) is 0 Å². The summed E-state index contributed by atoms with van der Waals surface area (Å²) in [4.78, 5) is 23.2. The number of anilines is 2. The van der Waals surface area contributed by atoms with Gasteiger partial charge in [0, 0.05) is 48.5 Å². The van der Waals surface area contributed by atoms with Gasteiger partial charge in [0.1, 0.15) is 17.6 Å². The van der Waals surface area contributed by atoms with Gasteiger partial charge in [0.25, 0.3) is 5.91 Å². The van der Waals surface area contributed by atoms with Crippen molar-refractivity contribution in [3.8, 4) is 22.9 Å². The van der Waals surface area contributed by atoms with Crippen molar-refractivity contribution < 1.29 is 27.8 Å². The van der Waals surface area contributed by atoms with Crippen LogP contribution >= 0.6 is 0 Å².